The van der Waals surface area contributed by atoms with E-state index in [0.717, 1.165) is 11.1 Å². The number of nitrogens with one attached hydrogen (secondary N) is 1. The third-order valence-corrected chi connectivity index (χ3v) is 3.92. The molecule has 7 heteroatoms. The maximum absolute atomic E-state index is 12.1. The molecule has 0 aliphatic heterocycles. The number of rotatable bonds is 10. The molecule has 0 aliphatic rings. The lowest BCUT2D eigenvalue weighted by molar-refractivity contribution is -0.153. The summed E-state index contributed by atoms with van der Waals surface area (Å²) in [5, 5.41) is 12.0. The van der Waals surface area contributed by atoms with Crippen LogP contribution in [0.1, 0.15) is 31.9 Å². The maximum atomic E-state index is 12.1. The van der Waals surface area contributed by atoms with E-state index in [1.54, 1.807) is 44.2 Å². The third kappa shape index (κ3) is 7.46. The first kappa shape index (κ1) is 22.2. The number of benzene rings is 2. The molecule has 1 unspecified atom stereocenters. The molecule has 0 spiro atoms. The minimum absolute atomic E-state index is 0.0548. The van der Waals surface area contributed by atoms with Gasteiger partial charge in [0.15, 0.2) is 6.10 Å². The average Bonchev–Trinajstić information content (AvgIpc) is 2.67. The Hall–Kier alpha value is -3.06. The van der Waals surface area contributed by atoms with Crippen LogP contribution in [0.25, 0.3) is 0 Å². The highest BCUT2D eigenvalue weighted by Gasteiger charge is 2.20. The molecule has 2 N–H and O–H groups in total. The normalized spacial score (nSPS) is 11.7. The molecule has 7 nitrogen and oxygen atoms in total. The number of hydrogen-bond acceptors (Lipinski definition) is 5. The van der Waals surface area contributed by atoms with E-state index in [1.165, 1.54) is 0 Å². The third-order valence-electron chi connectivity index (χ3n) is 3.92. The van der Waals surface area contributed by atoms with Crippen molar-refractivity contribution >= 4 is 17.7 Å². The molecule has 0 radical (unpaired) electrons. The smallest absolute Gasteiger partial charge is 0.412 e. The van der Waals surface area contributed by atoms with Gasteiger partial charge in [-0.25, -0.2) is 9.59 Å². The number of para-hydroxylation sites is 2. The van der Waals surface area contributed by atoms with Crippen molar-refractivity contribution in [3.8, 4) is 5.75 Å². The Kier molecular flexibility index (Phi) is 8.48. The fraction of sp³-hybridized carbons (Fsp3) is 0.364. The summed E-state index contributed by atoms with van der Waals surface area (Å²) >= 11 is 0. The van der Waals surface area contributed by atoms with Crippen molar-refractivity contribution < 1.29 is 28.9 Å². The molecule has 0 saturated heterocycles. The number of carbonyl (C=O) groups is 2. The Balaban J connectivity index is 1.95. The van der Waals surface area contributed by atoms with E-state index >= 15 is 0 Å². The van der Waals surface area contributed by atoms with Crippen molar-refractivity contribution in [1.82, 2.24) is 0 Å². The minimum Gasteiger partial charge on any atom is -0.492 e. The molecule has 0 saturated carbocycles. The number of ether oxygens (including phenoxy) is 3. The molecule has 1 amide bonds. The van der Waals surface area contributed by atoms with E-state index in [4.69, 9.17) is 14.2 Å². The molecule has 2 aromatic rings. The van der Waals surface area contributed by atoms with Gasteiger partial charge in [-0.2, -0.15) is 0 Å². The Bertz CT molecular complexity index is 820. The Morgan fingerprint density at radius 2 is 1.79 bits per heavy atom. The highest BCUT2D eigenvalue weighted by atomic mass is 16.5. The van der Waals surface area contributed by atoms with Crippen LogP contribution < -0.4 is 10.1 Å². The molecular weight excluding hydrogens is 374 g/mol. The molecule has 0 bridgehead atoms. The summed E-state index contributed by atoms with van der Waals surface area (Å²) in [6.45, 7) is 5.99. The molecule has 0 heterocycles. The summed E-state index contributed by atoms with van der Waals surface area (Å²) in [4.78, 5) is 23.5. The molecule has 156 valence electrons. The number of carboxylic acid groups (broad SMARTS) is 1. The molecule has 2 rings (SSSR count). The summed E-state index contributed by atoms with van der Waals surface area (Å²) in [6.07, 6.45) is -1.49. The Morgan fingerprint density at radius 1 is 1.07 bits per heavy atom. The zero-order valence-corrected chi connectivity index (χ0v) is 16.9. The first-order chi connectivity index (χ1) is 13.9. The second-order valence-corrected chi connectivity index (χ2v) is 6.67. The SMILES string of the molecule is CCOc1ccccc1NC(=O)OCc1cccc(CC(OC(C)C)C(=O)O)c1. The number of amides is 1. The summed E-state index contributed by atoms with van der Waals surface area (Å²) in [6, 6.07) is 14.3. The van der Waals surface area contributed by atoms with Crippen molar-refractivity contribution in [3.63, 3.8) is 0 Å². The van der Waals surface area contributed by atoms with Crippen LogP contribution in [0, 0.1) is 0 Å². The second-order valence-electron chi connectivity index (χ2n) is 6.67. The van der Waals surface area contributed by atoms with Crippen LogP contribution in [0.3, 0.4) is 0 Å². The van der Waals surface area contributed by atoms with Gasteiger partial charge < -0.3 is 19.3 Å². The number of anilines is 1. The van der Waals surface area contributed by atoms with Gasteiger partial charge in [0.1, 0.15) is 12.4 Å². The summed E-state index contributed by atoms with van der Waals surface area (Å²) in [7, 11) is 0. The Morgan fingerprint density at radius 3 is 2.48 bits per heavy atom. The monoisotopic (exact) mass is 401 g/mol. The molecule has 2 aromatic carbocycles. The summed E-state index contributed by atoms with van der Waals surface area (Å²) in [5.74, 6) is -0.438. The topological polar surface area (TPSA) is 94.1 Å². The van der Waals surface area contributed by atoms with E-state index < -0.39 is 18.2 Å². The van der Waals surface area contributed by atoms with Crippen molar-refractivity contribution in [1.29, 1.82) is 0 Å². The largest absolute Gasteiger partial charge is 0.492 e. The van der Waals surface area contributed by atoms with Gasteiger partial charge in [0.25, 0.3) is 0 Å². The van der Waals surface area contributed by atoms with E-state index in [-0.39, 0.29) is 19.1 Å². The molecular formula is C22H27NO6. The molecule has 0 aromatic heterocycles. The van der Waals surface area contributed by atoms with E-state index in [9.17, 15) is 14.7 Å². The van der Waals surface area contributed by atoms with Crippen molar-refractivity contribution in [2.24, 2.45) is 0 Å². The number of hydrogen-bond donors (Lipinski definition) is 2. The van der Waals surface area contributed by atoms with Crippen molar-refractivity contribution in [2.45, 2.75) is 46.0 Å². The lowest BCUT2D eigenvalue weighted by Crippen LogP contribution is -2.29. The molecule has 0 fully saturated rings. The lowest BCUT2D eigenvalue weighted by atomic mass is 10.0. The molecule has 29 heavy (non-hydrogen) atoms. The second kappa shape index (κ2) is 11.1. The van der Waals surface area contributed by atoms with Gasteiger partial charge in [0.2, 0.25) is 0 Å². The predicted octanol–water partition coefficient (Wildman–Crippen LogP) is 4.25. The van der Waals surface area contributed by atoms with Crippen LogP contribution in [0.4, 0.5) is 10.5 Å². The van der Waals surface area contributed by atoms with Gasteiger partial charge in [-0.15, -0.1) is 0 Å². The van der Waals surface area contributed by atoms with Gasteiger partial charge in [0.05, 0.1) is 18.4 Å². The predicted molar refractivity (Wildman–Crippen MR) is 109 cm³/mol. The van der Waals surface area contributed by atoms with Gasteiger partial charge in [-0.05, 0) is 44.0 Å². The van der Waals surface area contributed by atoms with Crippen LogP contribution in [0.15, 0.2) is 48.5 Å². The van der Waals surface area contributed by atoms with Gasteiger partial charge in [-0.1, -0.05) is 36.4 Å². The number of carbonyl (C=O) groups excluding carboxylic acids is 1. The van der Waals surface area contributed by atoms with Crippen LogP contribution >= 0.6 is 0 Å². The quantitative estimate of drug-likeness (QED) is 0.618. The zero-order valence-electron chi connectivity index (χ0n) is 16.9. The van der Waals surface area contributed by atoms with Gasteiger partial charge >= 0.3 is 12.1 Å². The Labute approximate surface area is 170 Å². The number of aliphatic carboxylic acids is 1. The van der Waals surface area contributed by atoms with Crippen molar-refractivity contribution in [3.05, 3.63) is 59.7 Å². The van der Waals surface area contributed by atoms with E-state index in [1.807, 2.05) is 25.1 Å². The zero-order chi connectivity index (χ0) is 21.2. The standard InChI is InChI=1S/C22H27NO6/c1-4-27-19-11-6-5-10-18(19)23-22(26)28-14-17-9-7-8-16(12-17)13-20(21(24)25)29-15(2)3/h5-12,15,20H,4,13-14H2,1-3H3,(H,23,26)(H,24,25). The lowest BCUT2D eigenvalue weighted by Gasteiger charge is -2.17. The van der Waals surface area contributed by atoms with Crippen LogP contribution in [0.2, 0.25) is 0 Å². The summed E-state index contributed by atoms with van der Waals surface area (Å²) in [5.41, 5.74) is 2.08. The van der Waals surface area contributed by atoms with Crippen LogP contribution in [-0.4, -0.2) is 36.0 Å². The van der Waals surface area contributed by atoms with Crippen LogP contribution in [0.5, 0.6) is 5.75 Å². The molecule has 1 atom stereocenters. The van der Waals surface area contributed by atoms with Crippen LogP contribution in [-0.2, 0) is 27.3 Å². The molecule has 0 aliphatic carbocycles. The fourth-order valence-electron chi connectivity index (χ4n) is 2.73. The van der Waals surface area contributed by atoms with Crippen molar-refractivity contribution in [2.75, 3.05) is 11.9 Å². The van der Waals surface area contributed by atoms with Gasteiger partial charge in [-0.3, -0.25) is 5.32 Å². The fourth-order valence-corrected chi connectivity index (χ4v) is 2.73. The highest BCUT2D eigenvalue weighted by Crippen LogP contribution is 2.24. The van der Waals surface area contributed by atoms with E-state index in [0.29, 0.717) is 18.0 Å². The minimum atomic E-state index is -1.01. The summed E-state index contributed by atoms with van der Waals surface area (Å²) < 4.78 is 16.2. The van der Waals surface area contributed by atoms with Gasteiger partial charge in [0, 0.05) is 6.42 Å². The average molecular weight is 401 g/mol. The highest BCUT2D eigenvalue weighted by molar-refractivity contribution is 5.86. The first-order valence-corrected chi connectivity index (χ1v) is 9.50. The number of carboxylic acids is 1. The maximum Gasteiger partial charge on any atom is 0.412 e. The van der Waals surface area contributed by atoms with E-state index in [2.05, 4.69) is 5.32 Å². The first-order valence-electron chi connectivity index (χ1n) is 9.50.